The quantitative estimate of drug-likeness (QED) is 0.599. The lowest BCUT2D eigenvalue weighted by molar-refractivity contribution is -0.0310. The Bertz CT molecular complexity index is 1150. The maximum atomic E-state index is 10.9. The van der Waals surface area contributed by atoms with Gasteiger partial charge in [-0.25, -0.2) is 4.98 Å². The fourth-order valence-corrected chi connectivity index (χ4v) is 4.44. The minimum absolute atomic E-state index is 0.0231. The first kappa shape index (κ1) is 22.9. The van der Waals surface area contributed by atoms with E-state index in [-0.39, 0.29) is 5.88 Å². The number of pyridine rings is 1. The second-order valence-electron chi connectivity index (χ2n) is 8.62. The van der Waals surface area contributed by atoms with Crippen molar-refractivity contribution in [2.24, 2.45) is 0 Å². The Labute approximate surface area is 194 Å². The number of hydrogen-bond acceptors (Lipinski definition) is 7. The fourth-order valence-electron chi connectivity index (χ4n) is 4.44. The van der Waals surface area contributed by atoms with Crippen molar-refractivity contribution in [2.75, 3.05) is 26.7 Å². The zero-order chi connectivity index (χ0) is 23.5. The van der Waals surface area contributed by atoms with E-state index >= 15 is 0 Å². The average molecular weight is 447 g/mol. The molecule has 0 amide bonds. The predicted molar refractivity (Wildman–Crippen MR) is 126 cm³/mol. The van der Waals surface area contributed by atoms with E-state index in [0.717, 1.165) is 43.6 Å². The molecule has 8 nitrogen and oxygen atoms in total. The lowest BCUT2D eigenvalue weighted by atomic mass is 10.0. The second kappa shape index (κ2) is 9.71. The molecule has 2 atom stereocenters. The molecule has 0 spiro atoms. The van der Waals surface area contributed by atoms with Gasteiger partial charge in [-0.2, -0.15) is 15.0 Å². The van der Waals surface area contributed by atoms with Crippen molar-refractivity contribution >= 4 is 0 Å². The van der Waals surface area contributed by atoms with Gasteiger partial charge >= 0.3 is 0 Å². The number of nitriles is 1. The van der Waals surface area contributed by atoms with Crippen molar-refractivity contribution in [2.45, 2.75) is 39.0 Å². The van der Waals surface area contributed by atoms with Crippen LogP contribution >= 0.6 is 0 Å². The van der Waals surface area contributed by atoms with Crippen LogP contribution in [0.4, 0.5) is 0 Å². The molecule has 1 aliphatic rings. The second-order valence-corrected chi connectivity index (χ2v) is 8.62. The molecule has 3 aromatic rings. The summed E-state index contributed by atoms with van der Waals surface area (Å²) in [5.74, 6) is 0.438. The monoisotopic (exact) mass is 446 g/mol. The first-order chi connectivity index (χ1) is 15.9. The number of aromatic hydroxyl groups is 1. The number of rotatable bonds is 6. The number of aliphatic hydroxyl groups excluding tert-OH is 1. The summed E-state index contributed by atoms with van der Waals surface area (Å²) in [5, 5.41) is 35.1. The molecule has 2 unspecified atom stereocenters. The van der Waals surface area contributed by atoms with Crippen LogP contribution < -0.4 is 0 Å². The van der Waals surface area contributed by atoms with Gasteiger partial charge in [-0.15, -0.1) is 0 Å². The summed E-state index contributed by atoms with van der Waals surface area (Å²) >= 11 is 0. The molecule has 1 aromatic carbocycles. The van der Waals surface area contributed by atoms with Crippen molar-refractivity contribution in [1.82, 2.24) is 24.6 Å². The van der Waals surface area contributed by atoms with Gasteiger partial charge in [0, 0.05) is 30.9 Å². The Morgan fingerprint density at radius 3 is 2.73 bits per heavy atom. The third-order valence-corrected chi connectivity index (χ3v) is 6.57. The Hall–Kier alpha value is -3.25. The largest absolute Gasteiger partial charge is 0.493 e. The summed E-state index contributed by atoms with van der Waals surface area (Å²) in [4.78, 5) is 8.87. The highest BCUT2D eigenvalue weighted by atomic mass is 16.3. The van der Waals surface area contributed by atoms with Crippen LogP contribution in [0.3, 0.4) is 0 Å². The van der Waals surface area contributed by atoms with Gasteiger partial charge in [0.15, 0.2) is 5.82 Å². The lowest BCUT2D eigenvalue weighted by Gasteiger charge is -2.39. The number of aromatic nitrogens is 3. The summed E-state index contributed by atoms with van der Waals surface area (Å²) in [5.41, 5.74) is 3.54. The van der Waals surface area contributed by atoms with Crippen molar-refractivity contribution < 1.29 is 10.2 Å². The van der Waals surface area contributed by atoms with Crippen LogP contribution in [0.5, 0.6) is 5.88 Å². The molecule has 33 heavy (non-hydrogen) atoms. The number of likely N-dealkylation sites (N-methyl/N-ethyl adjacent to an activating group) is 1. The van der Waals surface area contributed by atoms with Gasteiger partial charge in [-0.3, -0.25) is 4.90 Å². The molecule has 1 aliphatic heterocycles. The molecule has 0 bridgehead atoms. The van der Waals surface area contributed by atoms with Gasteiger partial charge < -0.3 is 15.1 Å². The van der Waals surface area contributed by atoms with Crippen LogP contribution in [-0.4, -0.2) is 67.5 Å². The van der Waals surface area contributed by atoms with Crippen LogP contribution in [-0.2, 0) is 0 Å². The number of aliphatic hydroxyl groups is 1. The molecule has 2 N–H and O–H groups in total. The summed E-state index contributed by atoms with van der Waals surface area (Å²) in [6, 6.07) is 11.4. The van der Waals surface area contributed by atoms with E-state index in [1.165, 1.54) is 4.68 Å². The molecule has 1 fully saturated rings. The van der Waals surface area contributed by atoms with Gasteiger partial charge in [0.2, 0.25) is 5.88 Å². The summed E-state index contributed by atoms with van der Waals surface area (Å²) in [6.45, 7) is 6.70. The van der Waals surface area contributed by atoms with Crippen molar-refractivity contribution in [1.29, 1.82) is 5.26 Å². The smallest absolute Gasteiger partial charge is 0.223 e. The minimum atomic E-state index is -0.720. The van der Waals surface area contributed by atoms with E-state index in [2.05, 4.69) is 39.9 Å². The van der Waals surface area contributed by atoms with Gasteiger partial charge in [0.1, 0.15) is 6.23 Å². The number of likely N-dealkylation sites (tertiary alicyclic amines) is 1. The highest BCUT2D eigenvalue weighted by molar-refractivity contribution is 5.72. The summed E-state index contributed by atoms with van der Waals surface area (Å²) < 4.78 is 1.37. The lowest BCUT2D eigenvalue weighted by Crippen LogP contribution is -2.47. The molecule has 8 heteroatoms. The standard InChI is InChI=1S/C25H30N6O2/c1-4-29(3)20-6-5-11-30(16-20)24(32)19-8-10-23(27-14-19)31-25(33)22(15-28-31)21-9-7-18(13-26)12-17(21)2/h7-10,12,14-15,20,24,32-33H,4-6,11,16H2,1-3H3. The third kappa shape index (κ3) is 4.62. The fraction of sp³-hybridized carbons (Fsp3) is 0.400. The third-order valence-electron chi connectivity index (χ3n) is 6.57. The summed E-state index contributed by atoms with van der Waals surface area (Å²) in [7, 11) is 2.13. The zero-order valence-corrected chi connectivity index (χ0v) is 19.3. The van der Waals surface area contributed by atoms with E-state index in [0.29, 0.717) is 28.6 Å². The Balaban J connectivity index is 1.53. The van der Waals surface area contributed by atoms with Gasteiger partial charge in [-0.1, -0.05) is 13.0 Å². The molecule has 2 aromatic heterocycles. The molecule has 3 heterocycles. The highest BCUT2D eigenvalue weighted by Gasteiger charge is 2.27. The number of benzene rings is 1. The molecule has 4 rings (SSSR count). The molecule has 172 valence electrons. The number of nitrogens with zero attached hydrogens (tertiary/aromatic N) is 6. The average Bonchev–Trinajstić information content (AvgIpc) is 3.23. The normalized spacial score (nSPS) is 17.8. The van der Waals surface area contributed by atoms with E-state index in [9.17, 15) is 10.2 Å². The van der Waals surface area contributed by atoms with Crippen LogP contribution in [0.2, 0.25) is 0 Å². The Kier molecular flexibility index (Phi) is 6.75. The molecule has 0 radical (unpaired) electrons. The molecule has 1 saturated heterocycles. The van der Waals surface area contributed by atoms with Gasteiger partial charge in [0.05, 0.1) is 23.4 Å². The first-order valence-corrected chi connectivity index (χ1v) is 11.3. The Morgan fingerprint density at radius 2 is 2.06 bits per heavy atom. The maximum Gasteiger partial charge on any atom is 0.223 e. The Morgan fingerprint density at radius 1 is 1.24 bits per heavy atom. The van der Waals surface area contributed by atoms with E-state index < -0.39 is 6.23 Å². The maximum absolute atomic E-state index is 10.9. The minimum Gasteiger partial charge on any atom is -0.493 e. The van der Waals surface area contributed by atoms with Crippen LogP contribution in [0, 0.1) is 18.3 Å². The van der Waals surface area contributed by atoms with Crippen LogP contribution in [0.15, 0.2) is 42.7 Å². The predicted octanol–water partition coefficient (Wildman–Crippen LogP) is 3.23. The van der Waals surface area contributed by atoms with Crippen molar-refractivity contribution in [3.63, 3.8) is 0 Å². The van der Waals surface area contributed by atoms with E-state index in [1.807, 2.05) is 19.1 Å². The molecule has 0 aliphatic carbocycles. The molecular weight excluding hydrogens is 416 g/mol. The van der Waals surface area contributed by atoms with Crippen LogP contribution in [0.25, 0.3) is 16.9 Å². The number of aryl methyl sites for hydroxylation is 1. The number of hydrogen-bond donors (Lipinski definition) is 2. The first-order valence-electron chi connectivity index (χ1n) is 11.3. The van der Waals surface area contributed by atoms with Crippen molar-refractivity contribution in [3.8, 4) is 28.9 Å². The van der Waals surface area contributed by atoms with E-state index in [4.69, 9.17) is 5.26 Å². The topological polar surface area (TPSA) is 101 Å². The number of piperidine rings is 1. The molecule has 0 saturated carbocycles. The molecular formula is C25H30N6O2. The van der Waals surface area contributed by atoms with Gasteiger partial charge in [0.25, 0.3) is 0 Å². The SMILES string of the molecule is CCN(C)C1CCCN(C(O)c2ccc(-n3ncc(-c4ccc(C#N)cc4C)c3O)nc2)C1. The van der Waals surface area contributed by atoms with Crippen molar-refractivity contribution in [3.05, 3.63) is 59.4 Å². The van der Waals surface area contributed by atoms with Crippen LogP contribution in [0.1, 0.15) is 42.7 Å². The van der Waals surface area contributed by atoms with E-state index in [1.54, 1.807) is 30.6 Å². The zero-order valence-electron chi connectivity index (χ0n) is 19.3. The highest BCUT2D eigenvalue weighted by Crippen LogP contribution is 2.33. The van der Waals surface area contributed by atoms with Gasteiger partial charge in [-0.05, 0) is 68.8 Å². The summed E-state index contributed by atoms with van der Waals surface area (Å²) in [6.07, 6.45) is 4.70.